The van der Waals surface area contributed by atoms with Crippen LogP contribution >= 0.6 is 11.3 Å². The number of hydrogen-bond donors (Lipinski definition) is 3. The standard InChI is InChI=1S/C20H23N3O4S/c1-19(2,26)17-15-12-6-4-5-7-13(12)28-16(15)18(25)23(22-17)10-14(24)21-11-8-20(3,27)9-11/h4-7,11,26-27H,8-10H2,1-3H3,(H,21,24). The van der Waals surface area contributed by atoms with Gasteiger partial charge >= 0.3 is 0 Å². The summed E-state index contributed by atoms with van der Waals surface area (Å²) in [5, 5.41) is 29.2. The van der Waals surface area contributed by atoms with Crippen LogP contribution in [0.4, 0.5) is 0 Å². The fourth-order valence-electron chi connectivity index (χ4n) is 3.81. The Labute approximate surface area is 165 Å². The van der Waals surface area contributed by atoms with Crippen molar-refractivity contribution in [1.29, 1.82) is 0 Å². The van der Waals surface area contributed by atoms with Crippen molar-refractivity contribution in [3.63, 3.8) is 0 Å². The Bertz CT molecular complexity index is 1130. The zero-order valence-corrected chi connectivity index (χ0v) is 16.8. The predicted octanol–water partition coefficient (Wildman–Crippen LogP) is 1.87. The van der Waals surface area contributed by atoms with Gasteiger partial charge in [-0.2, -0.15) is 5.10 Å². The van der Waals surface area contributed by atoms with Crippen LogP contribution in [0.3, 0.4) is 0 Å². The van der Waals surface area contributed by atoms with Crippen LogP contribution in [0.2, 0.25) is 0 Å². The number of hydrogen-bond acceptors (Lipinski definition) is 6. The molecule has 4 rings (SSSR count). The molecular weight excluding hydrogens is 378 g/mol. The number of thiophene rings is 1. The van der Waals surface area contributed by atoms with Crippen LogP contribution in [-0.2, 0) is 16.9 Å². The van der Waals surface area contributed by atoms with Gasteiger partial charge < -0.3 is 15.5 Å². The number of nitrogens with zero attached hydrogens (tertiary/aromatic N) is 2. The van der Waals surface area contributed by atoms with E-state index in [1.165, 1.54) is 11.3 Å². The first-order valence-electron chi connectivity index (χ1n) is 9.22. The molecule has 2 heterocycles. The molecule has 2 aromatic heterocycles. The minimum Gasteiger partial charge on any atom is -0.390 e. The largest absolute Gasteiger partial charge is 0.390 e. The molecule has 3 N–H and O–H groups in total. The summed E-state index contributed by atoms with van der Waals surface area (Å²) in [4.78, 5) is 25.4. The molecule has 28 heavy (non-hydrogen) atoms. The maximum Gasteiger partial charge on any atom is 0.285 e. The van der Waals surface area contributed by atoms with E-state index in [1.807, 2.05) is 24.3 Å². The van der Waals surface area contributed by atoms with E-state index >= 15 is 0 Å². The molecule has 0 aliphatic heterocycles. The molecule has 0 atom stereocenters. The van der Waals surface area contributed by atoms with Gasteiger partial charge in [0.05, 0.1) is 5.60 Å². The maximum absolute atomic E-state index is 13.0. The van der Waals surface area contributed by atoms with Crippen molar-refractivity contribution >= 4 is 37.4 Å². The first kappa shape index (κ1) is 19.0. The van der Waals surface area contributed by atoms with E-state index < -0.39 is 11.2 Å². The van der Waals surface area contributed by atoms with Crippen LogP contribution < -0.4 is 10.9 Å². The van der Waals surface area contributed by atoms with Gasteiger partial charge in [0.1, 0.15) is 22.5 Å². The lowest BCUT2D eigenvalue weighted by Gasteiger charge is -2.41. The lowest BCUT2D eigenvalue weighted by atomic mass is 9.77. The van der Waals surface area contributed by atoms with Crippen LogP contribution in [0, 0.1) is 0 Å². The summed E-state index contributed by atoms with van der Waals surface area (Å²) in [5.74, 6) is -0.336. The van der Waals surface area contributed by atoms with Gasteiger partial charge in [0.15, 0.2) is 0 Å². The zero-order valence-electron chi connectivity index (χ0n) is 16.0. The molecule has 0 unspecified atom stereocenters. The average Bonchev–Trinajstić information content (AvgIpc) is 2.94. The first-order chi connectivity index (χ1) is 13.0. The Morgan fingerprint density at radius 2 is 2.07 bits per heavy atom. The Morgan fingerprint density at radius 1 is 1.39 bits per heavy atom. The molecule has 1 amide bonds. The molecule has 0 saturated heterocycles. The monoisotopic (exact) mass is 401 g/mol. The lowest BCUT2D eigenvalue weighted by Crippen LogP contribution is -2.54. The number of carbonyl (C=O) groups is 1. The minimum atomic E-state index is -1.28. The number of carbonyl (C=O) groups excluding carboxylic acids is 1. The Hall–Kier alpha value is -2.29. The van der Waals surface area contributed by atoms with Crippen molar-refractivity contribution in [2.75, 3.05) is 0 Å². The van der Waals surface area contributed by atoms with Gasteiger partial charge in [-0.25, -0.2) is 4.68 Å². The van der Waals surface area contributed by atoms with Crippen LogP contribution in [-0.4, -0.2) is 37.5 Å². The van der Waals surface area contributed by atoms with Crippen LogP contribution in [0.1, 0.15) is 39.3 Å². The van der Waals surface area contributed by atoms with E-state index in [9.17, 15) is 19.8 Å². The zero-order chi connectivity index (χ0) is 20.3. The number of rotatable bonds is 4. The van der Waals surface area contributed by atoms with E-state index in [0.29, 0.717) is 28.6 Å². The Kier molecular flexibility index (Phi) is 4.33. The molecule has 0 spiro atoms. The number of fused-ring (bicyclic) bond motifs is 3. The minimum absolute atomic E-state index is 0.0972. The van der Waals surface area contributed by atoms with Gasteiger partial charge in [-0.3, -0.25) is 9.59 Å². The predicted molar refractivity (Wildman–Crippen MR) is 108 cm³/mol. The van der Waals surface area contributed by atoms with Crippen molar-refractivity contribution in [2.24, 2.45) is 0 Å². The van der Waals surface area contributed by atoms with Gasteiger partial charge in [-0.05, 0) is 39.7 Å². The topological polar surface area (TPSA) is 104 Å². The van der Waals surface area contributed by atoms with Gasteiger partial charge in [-0.1, -0.05) is 18.2 Å². The van der Waals surface area contributed by atoms with E-state index in [2.05, 4.69) is 10.4 Å². The summed E-state index contributed by atoms with van der Waals surface area (Å²) in [5.41, 5.74) is -1.99. The highest BCUT2D eigenvalue weighted by Crippen LogP contribution is 2.36. The van der Waals surface area contributed by atoms with Gasteiger partial charge in [0, 0.05) is 21.5 Å². The lowest BCUT2D eigenvalue weighted by molar-refractivity contribution is -0.125. The van der Waals surface area contributed by atoms with E-state index in [0.717, 1.165) is 14.8 Å². The summed E-state index contributed by atoms with van der Waals surface area (Å²) in [6.45, 7) is 4.73. The number of benzene rings is 1. The first-order valence-corrected chi connectivity index (χ1v) is 10.0. The highest BCUT2D eigenvalue weighted by molar-refractivity contribution is 7.25. The molecule has 3 aromatic rings. The Balaban J connectivity index is 1.75. The maximum atomic E-state index is 13.0. The van der Waals surface area contributed by atoms with Crippen molar-refractivity contribution in [3.8, 4) is 0 Å². The summed E-state index contributed by atoms with van der Waals surface area (Å²) in [6.07, 6.45) is 0.983. The molecule has 0 radical (unpaired) electrons. The molecule has 1 aromatic carbocycles. The van der Waals surface area contributed by atoms with Crippen molar-refractivity contribution in [3.05, 3.63) is 40.3 Å². The summed E-state index contributed by atoms with van der Waals surface area (Å²) >= 11 is 1.34. The Morgan fingerprint density at radius 3 is 2.71 bits per heavy atom. The van der Waals surface area contributed by atoms with Crippen LogP contribution in [0.15, 0.2) is 29.1 Å². The third kappa shape index (κ3) is 3.32. The quantitative estimate of drug-likeness (QED) is 0.619. The second kappa shape index (κ2) is 6.37. The molecule has 148 valence electrons. The van der Waals surface area contributed by atoms with Crippen LogP contribution in [0.25, 0.3) is 20.2 Å². The van der Waals surface area contributed by atoms with Gasteiger partial charge in [-0.15, -0.1) is 11.3 Å². The molecule has 1 aliphatic carbocycles. The number of amides is 1. The second-order valence-electron chi connectivity index (χ2n) is 8.34. The third-order valence-corrected chi connectivity index (χ3v) is 6.25. The average molecular weight is 401 g/mol. The van der Waals surface area contributed by atoms with E-state index in [1.54, 1.807) is 20.8 Å². The fourth-order valence-corrected chi connectivity index (χ4v) is 4.96. The highest BCUT2D eigenvalue weighted by atomic mass is 32.1. The molecule has 7 nitrogen and oxygen atoms in total. The fraction of sp³-hybridized carbons (Fsp3) is 0.450. The van der Waals surface area contributed by atoms with Crippen molar-refractivity contribution in [1.82, 2.24) is 15.1 Å². The molecule has 1 aliphatic rings. The molecule has 8 heteroatoms. The summed E-state index contributed by atoms with van der Waals surface area (Å²) in [7, 11) is 0. The second-order valence-corrected chi connectivity index (χ2v) is 9.39. The molecule has 0 bridgehead atoms. The number of aromatic nitrogens is 2. The molecular formula is C20H23N3O4S. The van der Waals surface area contributed by atoms with Crippen molar-refractivity contribution in [2.45, 2.75) is 57.4 Å². The van der Waals surface area contributed by atoms with Gasteiger partial charge in [0.25, 0.3) is 5.56 Å². The third-order valence-electron chi connectivity index (χ3n) is 5.09. The smallest absolute Gasteiger partial charge is 0.285 e. The number of nitrogens with one attached hydrogen (secondary N) is 1. The van der Waals surface area contributed by atoms with E-state index in [4.69, 9.17) is 0 Å². The summed E-state index contributed by atoms with van der Waals surface area (Å²) in [6, 6.07) is 7.51. The van der Waals surface area contributed by atoms with E-state index in [-0.39, 0.29) is 24.1 Å². The molecule has 1 saturated carbocycles. The van der Waals surface area contributed by atoms with Crippen molar-refractivity contribution < 1.29 is 15.0 Å². The van der Waals surface area contributed by atoms with Gasteiger partial charge in [0.2, 0.25) is 5.91 Å². The highest BCUT2D eigenvalue weighted by Gasteiger charge is 2.39. The summed E-state index contributed by atoms with van der Waals surface area (Å²) < 4.78 is 2.53. The molecule has 1 fully saturated rings. The normalized spacial score (nSPS) is 22.4. The van der Waals surface area contributed by atoms with Crippen LogP contribution in [0.5, 0.6) is 0 Å². The SMILES string of the molecule is CC1(O)CC(NC(=O)Cn2nc(C(C)(C)O)c3c(sc4ccccc43)c2=O)C1. The number of aliphatic hydroxyl groups is 2.